The van der Waals surface area contributed by atoms with Gasteiger partial charge in [-0.2, -0.15) is 0 Å². The van der Waals surface area contributed by atoms with Crippen LogP contribution in [0.3, 0.4) is 0 Å². The fourth-order valence-electron chi connectivity index (χ4n) is 8.65. The lowest BCUT2D eigenvalue weighted by Gasteiger charge is -2.20. The van der Waals surface area contributed by atoms with Crippen molar-refractivity contribution in [1.29, 1.82) is 0 Å². The van der Waals surface area contributed by atoms with E-state index < -0.39 is 5.97 Å². The van der Waals surface area contributed by atoms with Crippen molar-refractivity contribution >= 4 is 60.7 Å². The van der Waals surface area contributed by atoms with Crippen molar-refractivity contribution in [2.75, 3.05) is 6.54 Å². The van der Waals surface area contributed by atoms with Crippen LogP contribution in [0.5, 0.6) is 0 Å². The van der Waals surface area contributed by atoms with E-state index in [1.807, 2.05) is 30.3 Å². The highest BCUT2D eigenvalue weighted by atomic mass is 16.4. The SMILES string of the molecule is CCCCCCCCCCCCCC(=O)c1ccc2c3ccc(C)c4c(C(=O)NCCCCCCCCCCCC)ccc(c5ccc(C(=O)O)c1c52)c43. The average Bonchev–Trinajstić information content (AvgIpc) is 3.17. The van der Waals surface area contributed by atoms with Gasteiger partial charge in [-0.05, 0) is 75.2 Å². The number of fused-ring (bicyclic) bond motifs is 2. The van der Waals surface area contributed by atoms with Crippen LogP contribution in [0.25, 0.3) is 43.1 Å². The molecule has 290 valence electrons. The molecule has 0 spiro atoms. The van der Waals surface area contributed by atoms with Gasteiger partial charge in [-0.3, -0.25) is 9.59 Å². The second-order valence-corrected chi connectivity index (χ2v) is 15.9. The van der Waals surface area contributed by atoms with E-state index in [1.165, 1.54) is 103 Å². The van der Waals surface area contributed by atoms with E-state index in [1.54, 1.807) is 6.07 Å². The number of ketones is 1. The molecule has 0 radical (unpaired) electrons. The van der Waals surface area contributed by atoms with Gasteiger partial charge in [0.25, 0.3) is 5.91 Å². The summed E-state index contributed by atoms with van der Waals surface area (Å²) < 4.78 is 0. The highest BCUT2D eigenvalue weighted by Gasteiger charge is 2.24. The Hall–Kier alpha value is -3.99. The molecule has 0 atom stereocenters. The molecule has 5 rings (SSSR count). The van der Waals surface area contributed by atoms with Gasteiger partial charge in [-0.15, -0.1) is 0 Å². The maximum Gasteiger partial charge on any atom is 0.336 e. The molecule has 0 aliphatic heterocycles. The number of carbonyl (C=O) groups is 3. The minimum Gasteiger partial charge on any atom is -0.478 e. The highest BCUT2D eigenvalue weighted by molar-refractivity contribution is 6.37. The van der Waals surface area contributed by atoms with Crippen molar-refractivity contribution < 1.29 is 19.5 Å². The Labute approximate surface area is 324 Å². The molecule has 0 unspecified atom stereocenters. The minimum absolute atomic E-state index is 0.00593. The molecule has 0 aliphatic rings. The number of carboxylic acid groups (broad SMARTS) is 1. The van der Waals surface area contributed by atoms with Gasteiger partial charge >= 0.3 is 5.97 Å². The number of aryl methyl sites for hydroxylation is 1. The van der Waals surface area contributed by atoms with Crippen LogP contribution in [0.1, 0.15) is 192 Å². The third-order valence-electron chi connectivity index (χ3n) is 11.7. The first-order chi connectivity index (χ1) is 26.4. The molecule has 2 N–H and O–H groups in total. The molecular weight excluding hydrogens is 667 g/mol. The summed E-state index contributed by atoms with van der Waals surface area (Å²) in [6, 6.07) is 15.5. The third kappa shape index (κ3) is 10.2. The van der Waals surface area contributed by atoms with E-state index in [0.29, 0.717) is 29.5 Å². The van der Waals surface area contributed by atoms with E-state index >= 15 is 0 Å². The summed E-state index contributed by atoms with van der Waals surface area (Å²) in [6.45, 7) is 7.22. The summed E-state index contributed by atoms with van der Waals surface area (Å²) >= 11 is 0. The lowest BCUT2D eigenvalue weighted by atomic mass is 9.83. The lowest BCUT2D eigenvalue weighted by Crippen LogP contribution is -2.24. The second-order valence-electron chi connectivity index (χ2n) is 15.9. The Morgan fingerprint density at radius 3 is 1.37 bits per heavy atom. The number of Topliss-reactive ketones (excluding diaryl/α,β-unsaturated/α-hetero) is 1. The van der Waals surface area contributed by atoms with Crippen molar-refractivity contribution in [3.63, 3.8) is 0 Å². The number of hydrogen-bond donors (Lipinski definition) is 2. The van der Waals surface area contributed by atoms with Gasteiger partial charge in [0, 0.05) is 29.5 Å². The van der Waals surface area contributed by atoms with Crippen LogP contribution in [0.2, 0.25) is 0 Å². The standard InChI is InChI=1S/C49H65NO4/c1-4-6-8-10-12-14-16-17-19-21-23-25-43(51)40-31-28-38-36-27-26-35(3)44-41(48(52)50-34-24-22-20-18-15-13-11-9-7-5-2)32-29-37(45(36)44)39-30-33-42(49(53)54)47(40)46(38)39/h26-33H,4-25,34H2,1-3H3,(H,50,52)(H,53,54). The van der Waals surface area contributed by atoms with Crippen molar-refractivity contribution in [3.8, 4) is 0 Å². The van der Waals surface area contributed by atoms with Crippen LogP contribution in [-0.2, 0) is 0 Å². The third-order valence-corrected chi connectivity index (χ3v) is 11.7. The van der Waals surface area contributed by atoms with Crippen LogP contribution in [0.15, 0.2) is 48.5 Å². The zero-order valence-electron chi connectivity index (χ0n) is 33.6. The topological polar surface area (TPSA) is 83.5 Å². The summed E-state index contributed by atoms with van der Waals surface area (Å²) in [5, 5.41) is 20.6. The van der Waals surface area contributed by atoms with E-state index in [2.05, 4.69) is 38.2 Å². The number of aromatic carboxylic acids is 1. The van der Waals surface area contributed by atoms with Gasteiger partial charge in [-0.1, -0.05) is 172 Å². The van der Waals surface area contributed by atoms with E-state index in [4.69, 9.17) is 0 Å². The number of carboxylic acids is 1. The Kier molecular flexibility index (Phi) is 16.2. The number of rotatable bonds is 26. The summed E-state index contributed by atoms with van der Waals surface area (Å²) in [4.78, 5) is 40.1. The van der Waals surface area contributed by atoms with Gasteiger partial charge < -0.3 is 10.4 Å². The molecule has 0 bridgehead atoms. The molecule has 0 fully saturated rings. The Bertz CT molecular complexity index is 1970. The molecule has 5 aromatic carbocycles. The predicted molar refractivity (Wildman–Crippen MR) is 229 cm³/mol. The molecule has 54 heavy (non-hydrogen) atoms. The van der Waals surface area contributed by atoms with Crippen LogP contribution in [0.4, 0.5) is 0 Å². The first kappa shape index (κ1) is 41.2. The smallest absolute Gasteiger partial charge is 0.336 e. The van der Waals surface area contributed by atoms with Gasteiger partial charge in [0.2, 0.25) is 0 Å². The van der Waals surface area contributed by atoms with Crippen LogP contribution in [0, 0.1) is 6.92 Å². The van der Waals surface area contributed by atoms with E-state index in [0.717, 1.165) is 75.4 Å². The number of carbonyl (C=O) groups excluding carboxylic acids is 2. The lowest BCUT2D eigenvalue weighted by molar-refractivity contribution is 0.0698. The number of hydrogen-bond acceptors (Lipinski definition) is 3. The second kappa shape index (κ2) is 21.2. The quantitative estimate of drug-likeness (QED) is 0.0257. The molecular formula is C49H65NO4. The molecule has 1 amide bonds. The summed E-state index contributed by atoms with van der Waals surface area (Å²) in [5.74, 6) is -1.08. The summed E-state index contributed by atoms with van der Waals surface area (Å²) in [6.07, 6.45) is 26.3. The van der Waals surface area contributed by atoms with Gasteiger partial charge in [-0.25, -0.2) is 4.79 Å². The average molecular weight is 732 g/mol. The van der Waals surface area contributed by atoms with Gasteiger partial charge in [0.1, 0.15) is 0 Å². The maximum absolute atomic E-state index is 13.8. The first-order valence-electron chi connectivity index (χ1n) is 21.6. The normalized spacial score (nSPS) is 11.8. The number of amides is 1. The van der Waals surface area contributed by atoms with E-state index in [-0.39, 0.29) is 17.3 Å². The zero-order valence-corrected chi connectivity index (χ0v) is 33.6. The monoisotopic (exact) mass is 731 g/mol. The summed E-state index contributed by atoms with van der Waals surface area (Å²) in [5.41, 5.74) is 2.35. The molecule has 5 nitrogen and oxygen atoms in total. The number of unbranched alkanes of at least 4 members (excludes halogenated alkanes) is 19. The van der Waals surface area contributed by atoms with Crippen molar-refractivity contribution in [2.45, 2.75) is 162 Å². The molecule has 0 heterocycles. The molecule has 0 aromatic heterocycles. The fourth-order valence-corrected chi connectivity index (χ4v) is 8.65. The van der Waals surface area contributed by atoms with Crippen LogP contribution >= 0.6 is 0 Å². The Morgan fingerprint density at radius 1 is 0.463 bits per heavy atom. The Balaban J connectivity index is 1.31. The van der Waals surface area contributed by atoms with Gasteiger partial charge in [0.15, 0.2) is 5.78 Å². The van der Waals surface area contributed by atoms with E-state index in [9.17, 15) is 19.5 Å². The highest BCUT2D eigenvalue weighted by Crippen LogP contribution is 2.44. The molecule has 5 aromatic rings. The van der Waals surface area contributed by atoms with Crippen molar-refractivity contribution in [2.24, 2.45) is 0 Å². The molecule has 0 aliphatic carbocycles. The summed E-state index contributed by atoms with van der Waals surface area (Å²) in [7, 11) is 0. The fraction of sp³-hybridized carbons (Fsp3) is 0.531. The minimum atomic E-state index is -1.03. The maximum atomic E-state index is 13.8. The predicted octanol–water partition coefficient (Wildman–Crippen LogP) is 14.3. The molecule has 0 saturated heterocycles. The van der Waals surface area contributed by atoms with Crippen molar-refractivity contribution in [1.82, 2.24) is 5.32 Å². The molecule has 0 saturated carbocycles. The number of nitrogens with one attached hydrogen (secondary N) is 1. The Morgan fingerprint density at radius 2 is 0.870 bits per heavy atom. The van der Waals surface area contributed by atoms with Crippen LogP contribution < -0.4 is 5.32 Å². The van der Waals surface area contributed by atoms with Crippen LogP contribution in [-0.4, -0.2) is 29.3 Å². The van der Waals surface area contributed by atoms with Gasteiger partial charge in [0.05, 0.1) is 5.56 Å². The first-order valence-corrected chi connectivity index (χ1v) is 21.6. The zero-order chi connectivity index (χ0) is 38.3. The number of benzene rings is 5. The molecule has 5 heteroatoms. The van der Waals surface area contributed by atoms with Crippen molar-refractivity contribution in [3.05, 3.63) is 70.8 Å². The largest absolute Gasteiger partial charge is 0.478 e.